The second-order valence-corrected chi connectivity index (χ2v) is 12.1. The molecule has 6 rings (SSSR count). The molecule has 0 spiro atoms. The first-order valence-electron chi connectivity index (χ1n) is 13.0. The van der Waals surface area contributed by atoms with Crippen LogP contribution in [-0.2, 0) is 16.3 Å². The monoisotopic (exact) mass is 591 g/mol. The van der Waals surface area contributed by atoms with Crippen LogP contribution < -0.4 is 10.6 Å². The van der Waals surface area contributed by atoms with E-state index in [1.807, 2.05) is 0 Å². The highest BCUT2D eigenvalue weighted by molar-refractivity contribution is 7.90. The standard InChI is InChI=1S/C25H25F4N9O2S/c26-16-1-3-17(4-2-16)33-21-11-23(31-13-19(21)20-8-10-37(36-20)25(27,28)29)34-22-7-9-30-24(35-22)15-12-32-38(14-15)41(39,40)18-5-6-18/h7-14,16-18H,1-6H2,(H2,30,31,33,34,35). The van der Waals surface area contributed by atoms with E-state index in [0.29, 0.717) is 67.0 Å². The Kier molecular flexibility index (Phi) is 6.87. The second kappa shape index (κ2) is 10.4. The van der Waals surface area contributed by atoms with Crippen LogP contribution in [0.1, 0.15) is 38.5 Å². The summed E-state index contributed by atoms with van der Waals surface area (Å²) in [5.74, 6) is 0.920. The summed E-state index contributed by atoms with van der Waals surface area (Å²) in [6.07, 6.45) is 4.10. The Bertz CT molecular complexity index is 1660. The van der Waals surface area contributed by atoms with Gasteiger partial charge in [-0.25, -0.2) is 27.8 Å². The Morgan fingerprint density at radius 2 is 1.76 bits per heavy atom. The zero-order valence-corrected chi connectivity index (χ0v) is 22.3. The zero-order chi connectivity index (χ0) is 28.8. The van der Waals surface area contributed by atoms with Crippen LogP contribution in [0, 0.1) is 0 Å². The van der Waals surface area contributed by atoms with Crippen LogP contribution in [-0.4, -0.2) is 59.8 Å². The van der Waals surface area contributed by atoms with E-state index in [1.54, 1.807) is 12.1 Å². The number of alkyl halides is 4. The van der Waals surface area contributed by atoms with Gasteiger partial charge in [0.05, 0.1) is 28.9 Å². The smallest absolute Gasteiger partial charge is 0.382 e. The van der Waals surface area contributed by atoms with E-state index in [1.165, 1.54) is 30.9 Å². The van der Waals surface area contributed by atoms with E-state index in [9.17, 15) is 26.0 Å². The summed E-state index contributed by atoms with van der Waals surface area (Å²) < 4.78 is 79.0. The molecule has 0 saturated heterocycles. The maximum Gasteiger partial charge on any atom is 0.504 e. The summed E-state index contributed by atoms with van der Waals surface area (Å²) in [5, 5.41) is 13.6. The van der Waals surface area contributed by atoms with Gasteiger partial charge in [-0.3, -0.25) is 0 Å². The third-order valence-corrected chi connectivity index (χ3v) is 9.02. The van der Waals surface area contributed by atoms with Gasteiger partial charge in [-0.05, 0) is 50.7 Å². The van der Waals surface area contributed by atoms with Gasteiger partial charge in [0.25, 0.3) is 10.0 Å². The third-order valence-electron chi connectivity index (χ3n) is 6.98. The number of anilines is 3. The summed E-state index contributed by atoms with van der Waals surface area (Å²) in [6.45, 7) is 0. The summed E-state index contributed by atoms with van der Waals surface area (Å²) in [7, 11) is -3.54. The lowest BCUT2D eigenvalue weighted by molar-refractivity contribution is -0.212. The van der Waals surface area contributed by atoms with Crippen LogP contribution in [0.5, 0.6) is 0 Å². The van der Waals surface area contributed by atoms with Gasteiger partial charge in [0, 0.05) is 41.9 Å². The molecule has 2 fully saturated rings. The molecule has 4 heterocycles. The lowest BCUT2D eigenvalue weighted by Gasteiger charge is -2.27. The van der Waals surface area contributed by atoms with Gasteiger partial charge < -0.3 is 10.6 Å². The lowest BCUT2D eigenvalue weighted by Crippen LogP contribution is -2.27. The molecule has 11 nitrogen and oxygen atoms in total. The molecule has 0 amide bonds. The van der Waals surface area contributed by atoms with Crippen molar-refractivity contribution in [1.82, 2.24) is 33.9 Å². The normalized spacial score (nSPS) is 19.7. The lowest BCUT2D eigenvalue weighted by atomic mass is 9.93. The average molecular weight is 592 g/mol. The van der Waals surface area contributed by atoms with Gasteiger partial charge in [-0.1, -0.05) is 0 Å². The summed E-state index contributed by atoms with van der Waals surface area (Å²) in [6, 6.07) is 4.40. The minimum atomic E-state index is -4.66. The maximum atomic E-state index is 13.7. The average Bonchev–Trinajstić information content (AvgIpc) is 3.46. The van der Waals surface area contributed by atoms with E-state index in [4.69, 9.17) is 0 Å². The molecule has 16 heteroatoms. The largest absolute Gasteiger partial charge is 0.504 e. The van der Waals surface area contributed by atoms with Crippen LogP contribution in [0.3, 0.4) is 0 Å². The van der Waals surface area contributed by atoms with Crippen molar-refractivity contribution in [2.45, 2.75) is 62.3 Å². The SMILES string of the molecule is O=S(=O)(C1CC1)n1cc(-c2nccc(Nc3cc(NC4CCC(F)CC4)c(-c4ccn(C(F)(F)F)n4)cn3)n2)cn1. The molecule has 0 aromatic carbocycles. The molecule has 0 unspecified atom stereocenters. The Balaban J connectivity index is 1.27. The minimum absolute atomic E-state index is 0.0743. The minimum Gasteiger partial charge on any atom is -0.382 e. The van der Waals surface area contributed by atoms with Crippen molar-refractivity contribution in [3.63, 3.8) is 0 Å². The molecule has 2 aliphatic rings. The fourth-order valence-electron chi connectivity index (χ4n) is 4.65. The highest BCUT2D eigenvalue weighted by Crippen LogP contribution is 2.34. The van der Waals surface area contributed by atoms with E-state index < -0.39 is 27.7 Å². The number of rotatable bonds is 8. The highest BCUT2D eigenvalue weighted by Gasteiger charge is 2.38. The van der Waals surface area contributed by atoms with Gasteiger partial charge in [-0.15, -0.1) is 13.2 Å². The van der Waals surface area contributed by atoms with Crippen LogP contribution in [0.25, 0.3) is 22.6 Å². The number of nitrogens with zero attached hydrogens (tertiary/aromatic N) is 7. The van der Waals surface area contributed by atoms with Crippen LogP contribution in [0.15, 0.2) is 49.2 Å². The molecule has 2 aliphatic carbocycles. The van der Waals surface area contributed by atoms with Crippen LogP contribution in [0.4, 0.5) is 34.9 Å². The van der Waals surface area contributed by atoms with Crippen molar-refractivity contribution < 1.29 is 26.0 Å². The van der Waals surface area contributed by atoms with Gasteiger partial charge in [0.2, 0.25) is 0 Å². The molecule has 41 heavy (non-hydrogen) atoms. The highest BCUT2D eigenvalue weighted by atomic mass is 32.2. The molecule has 4 aromatic rings. The van der Waals surface area contributed by atoms with E-state index in [-0.39, 0.29) is 22.2 Å². The van der Waals surface area contributed by atoms with Gasteiger partial charge in [0.15, 0.2) is 5.82 Å². The maximum absolute atomic E-state index is 13.7. The molecule has 0 aliphatic heterocycles. The molecular weight excluding hydrogens is 566 g/mol. The summed E-state index contributed by atoms with van der Waals surface area (Å²) in [5.41, 5.74) is 1.32. The van der Waals surface area contributed by atoms with E-state index in [0.717, 1.165) is 10.3 Å². The Morgan fingerprint density at radius 1 is 0.976 bits per heavy atom. The molecule has 216 valence electrons. The van der Waals surface area contributed by atoms with Gasteiger partial charge in [-0.2, -0.15) is 19.0 Å². The van der Waals surface area contributed by atoms with E-state index in [2.05, 4.69) is 35.8 Å². The van der Waals surface area contributed by atoms with Crippen LogP contribution >= 0.6 is 0 Å². The summed E-state index contributed by atoms with van der Waals surface area (Å²) in [4.78, 5) is 13.0. The first-order valence-corrected chi connectivity index (χ1v) is 14.5. The predicted molar refractivity (Wildman–Crippen MR) is 141 cm³/mol. The Morgan fingerprint density at radius 3 is 2.46 bits per heavy atom. The van der Waals surface area contributed by atoms with Gasteiger partial charge >= 0.3 is 6.30 Å². The first kappa shape index (κ1) is 27.1. The van der Waals surface area contributed by atoms with Crippen molar-refractivity contribution in [2.75, 3.05) is 10.6 Å². The molecule has 0 radical (unpaired) electrons. The van der Waals surface area contributed by atoms with Crippen molar-refractivity contribution in [1.29, 1.82) is 0 Å². The molecule has 0 bridgehead atoms. The summed E-state index contributed by atoms with van der Waals surface area (Å²) >= 11 is 0. The predicted octanol–water partition coefficient (Wildman–Crippen LogP) is 4.85. The number of hydrogen-bond acceptors (Lipinski definition) is 9. The number of hydrogen-bond donors (Lipinski definition) is 2. The fraction of sp³-hybridized carbons (Fsp3) is 0.400. The fourth-order valence-corrected chi connectivity index (χ4v) is 6.13. The number of halogens is 4. The number of pyridine rings is 1. The Hall–Kier alpha value is -4.08. The zero-order valence-electron chi connectivity index (χ0n) is 21.5. The number of aromatic nitrogens is 7. The van der Waals surface area contributed by atoms with Gasteiger partial charge in [0.1, 0.15) is 17.8 Å². The van der Waals surface area contributed by atoms with Crippen molar-refractivity contribution in [2.24, 2.45) is 0 Å². The molecular formula is C25H25F4N9O2S. The number of nitrogens with one attached hydrogen (secondary N) is 2. The van der Waals surface area contributed by atoms with Crippen molar-refractivity contribution >= 4 is 27.3 Å². The molecule has 2 N–H and O–H groups in total. The Labute approximate surface area is 232 Å². The second-order valence-electron chi connectivity index (χ2n) is 10.1. The first-order chi connectivity index (χ1) is 19.6. The van der Waals surface area contributed by atoms with Crippen molar-refractivity contribution in [3.8, 4) is 22.6 Å². The third kappa shape index (κ3) is 5.87. The van der Waals surface area contributed by atoms with Crippen LogP contribution in [0.2, 0.25) is 0 Å². The van der Waals surface area contributed by atoms with Crippen molar-refractivity contribution in [3.05, 3.63) is 49.2 Å². The molecule has 2 saturated carbocycles. The quantitative estimate of drug-likeness (QED) is 0.276. The topological polar surface area (TPSA) is 133 Å². The molecule has 4 aromatic heterocycles. The van der Waals surface area contributed by atoms with E-state index >= 15 is 0 Å². The molecule has 0 atom stereocenters.